The summed E-state index contributed by atoms with van der Waals surface area (Å²) in [5.74, 6) is 0.176. The fraction of sp³-hybridized carbons (Fsp3) is 0.231. The van der Waals surface area contributed by atoms with Crippen LogP contribution in [0.5, 0.6) is 0 Å². The number of halogens is 1. The lowest BCUT2D eigenvalue weighted by molar-refractivity contribution is -0.130. The van der Waals surface area contributed by atoms with Crippen molar-refractivity contribution in [2.24, 2.45) is 0 Å². The zero-order valence-electron chi connectivity index (χ0n) is 18.6. The van der Waals surface area contributed by atoms with Gasteiger partial charge in [0, 0.05) is 48.3 Å². The second kappa shape index (κ2) is 10.4. The van der Waals surface area contributed by atoms with Gasteiger partial charge in [0.2, 0.25) is 5.91 Å². The van der Waals surface area contributed by atoms with Crippen LogP contribution in [0.15, 0.2) is 72.8 Å². The summed E-state index contributed by atoms with van der Waals surface area (Å²) in [6, 6.07) is 22.4. The van der Waals surface area contributed by atoms with Gasteiger partial charge in [0.25, 0.3) is 0 Å². The number of benzene rings is 3. The van der Waals surface area contributed by atoms with E-state index in [-0.39, 0.29) is 11.9 Å². The number of nitrogens with one attached hydrogen (secondary N) is 2. The lowest BCUT2D eigenvalue weighted by Gasteiger charge is -2.36. The fourth-order valence-corrected chi connectivity index (χ4v) is 4.01. The van der Waals surface area contributed by atoms with Crippen molar-refractivity contribution in [3.63, 3.8) is 0 Å². The van der Waals surface area contributed by atoms with Crippen LogP contribution in [0.4, 0.5) is 21.9 Å². The van der Waals surface area contributed by atoms with E-state index in [2.05, 4.69) is 15.5 Å². The van der Waals surface area contributed by atoms with Crippen LogP contribution < -0.4 is 15.5 Å². The first-order chi connectivity index (χ1) is 16.0. The molecule has 0 bridgehead atoms. The van der Waals surface area contributed by atoms with Crippen molar-refractivity contribution >= 4 is 40.6 Å². The van der Waals surface area contributed by atoms with Gasteiger partial charge < -0.3 is 20.4 Å². The van der Waals surface area contributed by atoms with E-state index in [1.165, 1.54) is 0 Å². The highest BCUT2D eigenvalue weighted by Crippen LogP contribution is 2.21. The average Bonchev–Trinajstić information content (AvgIpc) is 2.82. The molecule has 170 valence electrons. The summed E-state index contributed by atoms with van der Waals surface area (Å²) in [7, 11) is 0. The molecule has 1 saturated heterocycles. The van der Waals surface area contributed by atoms with Crippen LogP contribution in [0.2, 0.25) is 5.02 Å². The minimum absolute atomic E-state index is 0.176. The zero-order chi connectivity index (χ0) is 23.2. The summed E-state index contributed by atoms with van der Waals surface area (Å²) in [6.07, 6.45) is 0.450. The average molecular weight is 463 g/mol. The molecule has 2 N–H and O–H groups in total. The van der Waals surface area contributed by atoms with E-state index in [0.29, 0.717) is 35.9 Å². The summed E-state index contributed by atoms with van der Waals surface area (Å²) >= 11 is 5.87. The van der Waals surface area contributed by atoms with E-state index < -0.39 is 0 Å². The summed E-state index contributed by atoms with van der Waals surface area (Å²) in [6.45, 7) is 5.01. The summed E-state index contributed by atoms with van der Waals surface area (Å²) in [5.41, 5.74) is 4.69. The first-order valence-corrected chi connectivity index (χ1v) is 11.4. The van der Waals surface area contributed by atoms with Gasteiger partial charge in [-0.05, 0) is 66.6 Å². The third kappa shape index (κ3) is 6.05. The van der Waals surface area contributed by atoms with Crippen molar-refractivity contribution in [3.8, 4) is 0 Å². The Morgan fingerprint density at radius 2 is 1.39 bits per heavy atom. The Bertz CT molecular complexity index is 1110. The van der Waals surface area contributed by atoms with Gasteiger partial charge in [-0.2, -0.15) is 0 Å². The maximum absolute atomic E-state index is 12.7. The van der Waals surface area contributed by atoms with Gasteiger partial charge in [-0.1, -0.05) is 35.9 Å². The number of hydrogen-bond donors (Lipinski definition) is 2. The molecular weight excluding hydrogens is 436 g/mol. The Labute approximate surface area is 199 Å². The maximum Gasteiger partial charge on any atom is 0.323 e. The second-order valence-corrected chi connectivity index (χ2v) is 8.54. The number of aryl methyl sites for hydroxylation is 1. The van der Waals surface area contributed by atoms with Crippen molar-refractivity contribution in [2.45, 2.75) is 13.3 Å². The molecule has 3 amide bonds. The van der Waals surface area contributed by atoms with Gasteiger partial charge in [0.05, 0.1) is 6.42 Å². The minimum Gasteiger partial charge on any atom is -0.368 e. The number of rotatable bonds is 5. The number of nitrogens with zero attached hydrogens (tertiary/aromatic N) is 2. The highest BCUT2D eigenvalue weighted by Gasteiger charge is 2.21. The number of anilines is 3. The lowest BCUT2D eigenvalue weighted by Crippen LogP contribution is -2.49. The standard InChI is InChI=1S/C26H27ClN4O2/c1-19-4-2-3-5-20(19)18-25(32)31-16-14-30(15-17-31)24-12-10-23(11-13-24)29-26(33)28-22-8-6-21(27)7-9-22/h2-13H,14-18H2,1H3,(H2,28,29,33). The largest absolute Gasteiger partial charge is 0.368 e. The Kier molecular flexibility index (Phi) is 7.15. The van der Waals surface area contributed by atoms with Crippen LogP contribution in [0.1, 0.15) is 11.1 Å². The number of carbonyl (C=O) groups excluding carboxylic acids is 2. The summed E-state index contributed by atoms with van der Waals surface area (Å²) < 4.78 is 0. The van der Waals surface area contributed by atoms with Crippen LogP contribution in [0.25, 0.3) is 0 Å². The third-order valence-corrected chi connectivity index (χ3v) is 6.08. The van der Waals surface area contributed by atoms with Gasteiger partial charge in [0.1, 0.15) is 0 Å². The van der Waals surface area contributed by atoms with Gasteiger partial charge >= 0.3 is 6.03 Å². The predicted molar refractivity (Wildman–Crippen MR) is 134 cm³/mol. The molecule has 33 heavy (non-hydrogen) atoms. The first-order valence-electron chi connectivity index (χ1n) is 11.0. The highest BCUT2D eigenvalue weighted by atomic mass is 35.5. The molecule has 4 rings (SSSR count). The van der Waals surface area contributed by atoms with Gasteiger partial charge in [0.15, 0.2) is 0 Å². The topological polar surface area (TPSA) is 64.7 Å². The van der Waals surface area contributed by atoms with Crippen molar-refractivity contribution < 1.29 is 9.59 Å². The van der Waals surface area contributed by atoms with Crippen molar-refractivity contribution in [1.29, 1.82) is 0 Å². The molecular formula is C26H27ClN4O2. The van der Waals surface area contributed by atoms with Crippen LogP contribution in [0, 0.1) is 6.92 Å². The molecule has 0 unspecified atom stereocenters. The van der Waals surface area contributed by atoms with E-state index in [1.807, 2.05) is 60.4 Å². The number of urea groups is 1. The molecule has 3 aromatic rings. The molecule has 0 aliphatic carbocycles. The van der Waals surface area contributed by atoms with Crippen LogP contribution in [-0.2, 0) is 11.2 Å². The second-order valence-electron chi connectivity index (χ2n) is 8.10. The van der Waals surface area contributed by atoms with Crippen LogP contribution in [-0.4, -0.2) is 43.0 Å². The Morgan fingerprint density at radius 3 is 2.00 bits per heavy atom. The smallest absolute Gasteiger partial charge is 0.323 e. The third-order valence-electron chi connectivity index (χ3n) is 5.83. The Morgan fingerprint density at radius 1 is 0.818 bits per heavy atom. The SMILES string of the molecule is Cc1ccccc1CC(=O)N1CCN(c2ccc(NC(=O)Nc3ccc(Cl)cc3)cc2)CC1. The molecule has 3 aromatic carbocycles. The van der Waals surface area contributed by atoms with Crippen molar-refractivity contribution in [2.75, 3.05) is 41.7 Å². The minimum atomic E-state index is -0.314. The van der Waals surface area contributed by atoms with E-state index in [0.717, 1.165) is 29.9 Å². The number of carbonyl (C=O) groups is 2. The molecule has 1 aliphatic heterocycles. The number of hydrogen-bond acceptors (Lipinski definition) is 3. The molecule has 0 radical (unpaired) electrons. The Balaban J connectivity index is 1.26. The van der Waals surface area contributed by atoms with Crippen molar-refractivity contribution in [3.05, 3.63) is 88.9 Å². The molecule has 0 saturated carbocycles. The van der Waals surface area contributed by atoms with Gasteiger partial charge in [-0.15, -0.1) is 0 Å². The van der Waals surface area contributed by atoms with E-state index in [9.17, 15) is 9.59 Å². The zero-order valence-corrected chi connectivity index (χ0v) is 19.3. The normalized spacial score (nSPS) is 13.5. The monoisotopic (exact) mass is 462 g/mol. The van der Waals surface area contributed by atoms with E-state index in [4.69, 9.17) is 11.6 Å². The number of amides is 3. The highest BCUT2D eigenvalue weighted by molar-refractivity contribution is 6.30. The van der Waals surface area contributed by atoms with Gasteiger partial charge in [-0.25, -0.2) is 4.79 Å². The van der Waals surface area contributed by atoms with Crippen molar-refractivity contribution in [1.82, 2.24) is 4.90 Å². The molecule has 0 atom stereocenters. The van der Waals surface area contributed by atoms with Gasteiger partial charge in [-0.3, -0.25) is 4.79 Å². The predicted octanol–water partition coefficient (Wildman–Crippen LogP) is 5.18. The number of piperazine rings is 1. The molecule has 6 nitrogen and oxygen atoms in total. The van der Waals surface area contributed by atoms with Crippen LogP contribution in [0.3, 0.4) is 0 Å². The quantitative estimate of drug-likeness (QED) is 0.548. The first kappa shape index (κ1) is 22.7. The molecule has 0 spiro atoms. The summed E-state index contributed by atoms with van der Waals surface area (Å²) in [4.78, 5) is 29.1. The van der Waals surface area contributed by atoms with E-state index >= 15 is 0 Å². The molecule has 1 aliphatic rings. The molecule has 7 heteroatoms. The molecule has 1 heterocycles. The summed E-state index contributed by atoms with van der Waals surface area (Å²) in [5, 5.41) is 6.22. The fourth-order valence-electron chi connectivity index (χ4n) is 3.88. The molecule has 1 fully saturated rings. The van der Waals surface area contributed by atoms with Crippen LogP contribution >= 0.6 is 11.6 Å². The molecule has 0 aromatic heterocycles. The van der Waals surface area contributed by atoms with E-state index in [1.54, 1.807) is 24.3 Å². The lowest BCUT2D eigenvalue weighted by atomic mass is 10.1. The maximum atomic E-state index is 12.7. The Hall–Kier alpha value is -3.51.